The van der Waals surface area contributed by atoms with Gasteiger partial charge in [-0.3, -0.25) is 14.9 Å². The Morgan fingerprint density at radius 1 is 1.03 bits per heavy atom. The summed E-state index contributed by atoms with van der Waals surface area (Å²) < 4.78 is 12.6. The molecule has 166 valence electrons. The number of hydrogen-bond donors (Lipinski definition) is 3. The van der Waals surface area contributed by atoms with Gasteiger partial charge in [0.05, 0.1) is 25.3 Å². The molecule has 0 saturated carbocycles. The van der Waals surface area contributed by atoms with Crippen molar-refractivity contribution in [3.8, 4) is 34.1 Å². The van der Waals surface area contributed by atoms with Crippen LogP contribution in [-0.2, 0) is 0 Å². The maximum atomic E-state index is 13.1. The first-order valence-corrected chi connectivity index (χ1v) is 10.4. The zero-order valence-electron chi connectivity index (χ0n) is 18.0. The molecule has 0 fully saturated rings. The lowest BCUT2D eigenvalue weighted by Crippen LogP contribution is -2.11. The number of nitrogens with zero attached hydrogens (tertiary/aromatic N) is 3. The highest BCUT2D eigenvalue weighted by molar-refractivity contribution is 7.71. The zero-order valence-corrected chi connectivity index (χ0v) is 18.8. The number of methoxy groups -OCH3 is 2. The second-order valence-corrected chi connectivity index (χ2v) is 7.78. The van der Waals surface area contributed by atoms with Crippen molar-refractivity contribution >= 4 is 34.3 Å². The molecule has 2 aromatic carbocycles. The molecule has 0 amide bonds. The fourth-order valence-corrected chi connectivity index (χ4v) is 4.20. The van der Waals surface area contributed by atoms with Crippen LogP contribution in [0.15, 0.2) is 47.3 Å². The van der Waals surface area contributed by atoms with Gasteiger partial charge in [-0.25, -0.2) is 9.67 Å². The van der Waals surface area contributed by atoms with Crippen molar-refractivity contribution in [2.24, 2.45) is 0 Å². The Balaban J connectivity index is 2.01. The number of fused-ring (bicyclic) bond motifs is 2. The summed E-state index contributed by atoms with van der Waals surface area (Å²) in [5.74, 6) is 0.273. The molecule has 3 N–H and O–H groups in total. The first-order chi connectivity index (χ1) is 15.9. The minimum Gasteiger partial charge on any atom is -0.502 e. The minimum absolute atomic E-state index is 0.0460. The van der Waals surface area contributed by atoms with Gasteiger partial charge in [-0.05, 0) is 49.0 Å². The average molecular weight is 462 g/mol. The summed E-state index contributed by atoms with van der Waals surface area (Å²) >= 11 is 5.14. The molecule has 0 bridgehead atoms. The molecule has 0 saturated heterocycles. The van der Waals surface area contributed by atoms with Gasteiger partial charge in [0.25, 0.3) is 5.56 Å². The van der Waals surface area contributed by atoms with E-state index in [-0.39, 0.29) is 33.1 Å². The molecular weight excluding hydrogens is 442 g/mol. The highest BCUT2D eigenvalue weighted by atomic mass is 32.1. The Labute approximate surface area is 192 Å². The highest BCUT2D eigenvalue weighted by Gasteiger charge is 2.23. The molecule has 3 heterocycles. The number of hydrogen-bond acceptors (Lipinski definition) is 7. The molecule has 5 rings (SSSR count). The first-order valence-electron chi connectivity index (χ1n) is 9.99. The van der Waals surface area contributed by atoms with Gasteiger partial charge in [0, 0.05) is 16.6 Å². The summed E-state index contributed by atoms with van der Waals surface area (Å²) in [6.07, 6.45) is 0. The SMILES string of the molecule is COc1cc(-c2c3c(C)[nH]n(-c4ccccc4)c3nc3nc(=S)[nH]c(=O)c23)cc(OC)c1O. The van der Waals surface area contributed by atoms with E-state index >= 15 is 0 Å². The van der Waals surface area contributed by atoms with Crippen molar-refractivity contribution in [1.29, 1.82) is 0 Å². The van der Waals surface area contributed by atoms with E-state index < -0.39 is 5.56 Å². The number of phenols is 1. The molecule has 33 heavy (non-hydrogen) atoms. The van der Waals surface area contributed by atoms with Crippen LogP contribution in [0.2, 0.25) is 0 Å². The lowest BCUT2D eigenvalue weighted by atomic mass is 9.98. The van der Waals surface area contributed by atoms with Gasteiger partial charge >= 0.3 is 0 Å². The van der Waals surface area contributed by atoms with E-state index in [9.17, 15) is 9.90 Å². The molecule has 0 unspecified atom stereocenters. The fourth-order valence-electron chi connectivity index (χ4n) is 4.02. The predicted octanol–water partition coefficient (Wildman–Crippen LogP) is 4.02. The summed E-state index contributed by atoms with van der Waals surface area (Å²) in [6, 6.07) is 12.9. The number of H-pyrrole nitrogens is 2. The van der Waals surface area contributed by atoms with E-state index in [1.807, 2.05) is 41.9 Å². The molecule has 0 aliphatic rings. The number of aromatic hydroxyl groups is 1. The van der Waals surface area contributed by atoms with Crippen LogP contribution < -0.4 is 15.0 Å². The number of aromatic nitrogens is 5. The third-order valence-electron chi connectivity index (χ3n) is 5.46. The maximum absolute atomic E-state index is 13.1. The number of para-hydroxylation sites is 1. The zero-order chi connectivity index (χ0) is 23.3. The molecule has 0 spiro atoms. The quantitative estimate of drug-likeness (QED) is 0.346. The van der Waals surface area contributed by atoms with Gasteiger partial charge in [0.1, 0.15) is 0 Å². The van der Waals surface area contributed by atoms with Gasteiger partial charge in [0.15, 0.2) is 22.8 Å². The van der Waals surface area contributed by atoms with Crippen LogP contribution in [0.4, 0.5) is 0 Å². The summed E-state index contributed by atoms with van der Waals surface area (Å²) in [5.41, 5.74) is 3.17. The minimum atomic E-state index is -0.410. The molecule has 0 aliphatic carbocycles. The second kappa shape index (κ2) is 7.75. The van der Waals surface area contributed by atoms with Gasteiger partial charge in [-0.2, -0.15) is 4.98 Å². The molecule has 3 aromatic heterocycles. The van der Waals surface area contributed by atoms with E-state index in [2.05, 4.69) is 15.1 Å². The van der Waals surface area contributed by atoms with E-state index in [4.69, 9.17) is 26.7 Å². The van der Waals surface area contributed by atoms with E-state index in [1.54, 1.807) is 12.1 Å². The normalized spacial score (nSPS) is 11.2. The molecule has 9 nitrogen and oxygen atoms in total. The van der Waals surface area contributed by atoms with Crippen molar-refractivity contribution < 1.29 is 14.6 Å². The smallest absolute Gasteiger partial charge is 0.261 e. The van der Waals surface area contributed by atoms with Gasteiger partial charge in [-0.1, -0.05) is 18.2 Å². The number of pyridine rings is 1. The predicted molar refractivity (Wildman–Crippen MR) is 127 cm³/mol. The molecule has 10 heteroatoms. The van der Waals surface area contributed by atoms with Crippen LogP contribution >= 0.6 is 12.2 Å². The lowest BCUT2D eigenvalue weighted by Gasteiger charge is -2.14. The van der Waals surface area contributed by atoms with Crippen LogP contribution in [0.5, 0.6) is 17.2 Å². The standard InChI is InChI=1S/C23H19N5O4S/c1-11-16-17(12-9-14(31-2)19(29)15(10-12)32-3)18-20(25-23(33)26-22(18)30)24-21(16)28(27-11)13-7-5-4-6-8-13/h4-10,27,29H,1-3H3,(H,26,30,33). The van der Waals surface area contributed by atoms with Crippen molar-refractivity contribution in [2.45, 2.75) is 6.92 Å². The number of phenolic OH excluding ortho intramolecular Hbond substituents is 1. The second-order valence-electron chi connectivity index (χ2n) is 7.39. The van der Waals surface area contributed by atoms with Crippen LogP contribution in [0.25, 0.3) is 38.9 Å². The Hall–Kier alpha value is -4.18. The first kappa shape index (κ1) is 20.7. The Morgan fingerprint density at radius 3 is 2.33 bits per heavy atom. The molecule has 5 aromatic rings. The Morgan fingerprint density at radius 2 is 1.70 bits per heavy atom. The summed E-state index contributed by atoms with van der Waals surface area (Å²) in [7, 11) is 2.89. The van der Waals surface area contributed by atoms with Crippen LogP contribution in [0, 0.1) is 11.7 Å². The summed E-state index contributed by atoms with van der Waals surface area (Å²) in [5, 5.41) is 14.7. The average Bonchev–Trinajstić information content (AvgIpc) is 3.14. The molecular formula is C23H19N5O4S. The van der Waals surface area contributed by atoms with Crippen LogP contribution in [0.3, 0.4) is 0 Å². The molecule has 0 aliphatic heterocycles. The van der Waals surface area contributed by atoms with Crippen molar-refractivity contribution in [3.63, 3.8) is 0 Å². The number of rotatable bonds is 4. The van der Waals surface area contributed by atoms with Crippen LogP contribution in [0.1, 0.15) is 5.69 Å². The van der Waals surface area contributed by atoms with Gasteiger partial charge in [-0.15, -0.1) is 0 Å². The van der Waals surface area contributed by atoms with E-state index in [0.29, 0.717) is 22.2 Å². The van der Waals surface area contributed by atoms with Crippen LogP contribution in [-0.4, -0.2) is 44.1 Å². The van der Waals surface area contributed by atoms with E-state index in [1.165, 1.54) is 14.2 Å². The van der Waals surface area contributed by atoms with E-state index in [0.717, 1.165) is 11.4 Å². The monoisotopic (exact) mass is 461 g/mol. The maximum Gasteiger partial charge on any atom is 0.261 e. The summed E-state index contributed by atoms with van der Waals surface area (Å²) in [6.45, 7) is 1.90. The Bertz CT molecular complexity index is 1630. The number of benzene rings is 2. The number of aryl methyl sites for hydroxylation is 1. The van der Waals surface area contributed by atoms with Gasteiger partial charge in [0.2, 0.25) is 10.5 Å². The number of nitrogens with one attached hydrogen (secondary N) is 2. The topological polar surface area (TPSA) is 118 Å². The fraction of sp³-hybridized carbons (Fsp3) is 0.130. The largest absolute Gasteiger partial charge is 0.502 e. The lowest BCUT2D eigenvalue weighted by molar-refractivity contribution is 0.340. The third kappa shape index (κ3) is 3.23. The van der Waals surface area contributed by atoms with Gasteiger partial charge < -0.3 is 14.6 Å². The number of aromatic amines is 2. The van der Waals surface area contributed by atoms with Crippen molar-refractivity contribution in [1.82, 2.24) is 24.7 Å². The van der Waals surface area contributed by atoms with Crippen molar-refractivity contribution in [3.05, 3.63) is 63.3 Å². The molecule has 0 radical (unpaired) electrons. The summed E-state index contributed by atoms with van der Waals surface area (Å²) in [4.78, 5) is 24.7. The molecule has 0 atom stereocenters. The van der Waals surface area contributed by atoms with Crippen molar-refractivity contribution in [2.75, 3.05) is 14.2 Å². The number of ether oxygens (including phenoxy) is 2. The third-order valence-corrected chi connectivity index (χ3v) is 5.66. The Kier molecular flexibility index (Phi) is 4.86. The highest BCUT2D eigenvalue weighted by Crippen LogP contribution is 2.43.